The van der Waals surface area contributed by atoms with Crippen molar-refractivity contribution in [2.45, 2.75) is 12.5 Å². The van der Waals surface area contributed by atoms with Crippen molar-refractivity contribution in [2.24, 2.45) is 5.73 Å². The number of rotatable bonds is 3. The van der Waals surface area contributed by atoms with Crippen LogP contribution in [0, 0.1) is 0 Å². The summed E-state index contributed by atoms with van der Waals surface area (Å²) >= 11 is 0. The van der Waals surface area contributed by atoms with Gasteiger partial charge in [0, 0.05) is 26.1 Å². The molecular weight excluding hydrogens is 172 g/mol. The molecule has 0 aromatic heterocycles. The van der Waals surface area contributed by atoms with Crippen LogP contribution in [0.4, 0.5) is 0 Å². The first-order valence-electron chi connectivity index (χ1n) is 4.45. The monoisotopic (exact) mass is 188 g/mol. The van der Waals surface area contributed by atoms with Crippen molar-refractivity contribution in [3.8, 4) is 0 Å². The lowest BCUT2D eigenvalue weighted by Crippen LogP contribution is -2.35. The quantitative estimate of drug-likeness (QED) is 0.568. The fourth-order valence-electron chi connectivity index (χ4n) is 1.33. The van der Waals surface area contributed by atoms with E-state index in [-0.39, 0.29) is 5.91 Å². The number of amides is 1. The third kappa shape index (κ3) is 4.21. The molecule has 13 heavy (non-hydrogen) atoms. The molecule has 1 unspecified atom stereocenters. The van der Waals surface area contributed by atoms with Crippen molar-refractivity contribution in [1.82, 2.24) is 4.90 Å². The van der Waals surface area contributed by atoms with Crippen molar-refractivity contribution in [2.75, 3.05) is 32.8 Å². The number of hydrogen-bond donors (Lipinski definition) is 2. The molecular formula is C8H16N2O3. The fourth-order valence-corrected chi connectivity index (χ4v) is 1.33. The molecule has 0 bridgehead atoms. The maximum atomic E-state index is 10.5. The molecule has 0 spiro atoms. The van der Waals surface area contributed by atoms with E-state index in [0.29, 0.717) is 32.7 Å². The standard InChI is InChI=1S/C8H16N2O3/c9-8(12)1-2-10-3-4-13-6-7(11)5-10/h7,11H,1-6H2,(H2,9,12). The molecule has 0 aliphatic carbocycles. The number of carbonyl (C=O) groups excluding carboxylic acids is 1. The van der Waals surface area contributed by atoms with Crippen molar-refractivity contribution in [3.05, 3.63) is 0 Å². The largest absolute Gasteiger partial charge is 0.389 e. The minimum Gasteiger partial charge on any atom is -0.389 e. The summed E-state index contributed by atoms with van der Waals surface area (Å²) in [6.45, 7) is 2.91. The van der Waals surface area contributed by atoms with Crippen LogP contribution in [0.1, 0.15) is 6.42 Å². The van der Waals surface area contributed by atoms with Gasteiger partial charge in [0.1, 0.15) is 0 Å². The molecule has 76 valence electrons. The van der Waals surface area contributed by atoms with E-state index in [1.807, 2.05) is 4.90 Å². The Morgan fingerprint density at radius 1 is 1.69 bits per heavy atom. The van der Waals surface area contributed by atoms with Gasteiger partial charge in [-0.3, -0.25) is 9.69 Å². The maximum absolute atomic E-state index is 10.5. The van der Waals surface area contributed by atoms with Crippen LogP contribution in [-0.2, 0) is 9.53 Å². The van der Waals surface area contributed by atoms with Gasteiger partial charge in [-0.05, 0) is 0 Å². The van der Waals surface area contributed by atoms with Gasteiger partial charge in [0.2, 0.25) is 5.91 Å². The van der Waals surface area contributed by atoms with Crippen LogP contribution in [0.2, 0.25) is 0 Å². The minimum atomic E-state index is -0.449. The molecule has 1 heterocycles. The molecule has 3 N–H and O–H groups in total. The van der Waals surface area contributed by atoms with E-state index in [2.05, 4.69) is 0 Å². The second-order valence-corrected chi connectivity index (χ2v) is 3.25. The number of hydrogen-bond acceptors (Lipinski definition) is 4. The molecule has 0 aromatic carbocycles. The van der Waals surface area contributed by atoms with Crippen LogP contribution < -0.4 is 5.73 Å². The summed E-state index contributed by atoms with van der Waals surface area (Å²) in [6, 6.07) is 0. The van der Waals surface area contributed by atoms with E-state index in [0.717, 1.165) is 6.54 Å². The van der Waals surface area contributed by atoms with Gasteiger partial charge in [-0.25, -0.2) is 0 Å². The SMILES string of the molecule is NC(=O)CCN1CCOCC(O)C1. The summed E-state index contributed by atoms with van der Waals surface area (Å²) in [7, 11) is 0. The molecule has 0 saturated carbocycles. The topological polar surface area (TPSA) is 75.8 Å². The Morgan fingerprint density at radius 2 is 2.46 bits per heavy atom. The lowest BCUT2D eigenvalue weighted by molar-refractivity contribution is -0.118. The summed E-state index contributed by atoms with van der Waals surface area (Å²) < 4.78 is 5.14. The average Bonchev–Trinajstić information content (AvgIpc) is 2.26. The van der Waals surface area contributed by atoms with Crippen molar-refractivity contribution < 1.29 is 14.6 Å². The number of β-amino-alcohol motifs (C(OH)–C–C–N with tert-alkyl or cyclic N) is 1. The van der Waals surface area contributed by atoms with E-state index < -0.39 is 6.10 Å². The summed E-state index contributed by atoms with van der Waals surface area (Å²) in [5.41, 5.74) is 5.02. The van der Waals surface area contributed by atoms with Gasteiger partial charge in [-0.2, -0.15) is 0 Å². The van der Waals surface area contributed by atoms with Gasteiger partial charge >= 0.3 is 0 Å². The van der Waals surface area contributed by atoms with E-state index in [4.69, 9.17) is 10.5 Å². The average molecular weight is 188 g/mol. The summed E-state index contributed by atoms with van der Waals surface area (Å²) in [5, 5.41) is 9.34. The smallest absolute Gasteiger partial charge is 0.218 e. The Hall–Kier alpha value is -0.650. The zero-order valence-electron chi connectivity index (χ0n) is 7.61. The maximum Gasteiger partial charge on any atom is 0.218 e. The molecule has 1 amide bonds. The molecule has 1 aliphatic heterocycles. The van der Waals surface area contributed by atoms with Crippen molar-refractivity contribution in [1.29, 1.82) is 0 Å². The Labute approximate surface area is 77.5 Å². The van der Waals surface area contributed by atoms with Gasteiger partial charge in [0.25, 0.3) is 0 Å². The first kappa shape index (κ1) is 10.4. The second kappa shape index (κ2) is 5.16. The highest BCUT2D eigenvalue weighted by Crippen LogP contribution is 2.00. The van der Waals surface area contributed by atoms with Crippen molar-refractivity contribution in [3.63, 3.8) is 0 Å². The number of aliphatic hydroxyl groups excluding tert-OH is 1. The number of ether oxygens (including phenoxy) is 1. The summed E-state index contributed by atoms with van der Waals surface area (Å²) in [4.78, 5) is 12.5. The number of nitrogens with zero attached hydrogens (tertiary/aromatic N) is 1. The van der Waals surface area contributed by atoms with E-state index in [1.165, 1.54) is 0 Å². The Balaban J connectivity index is 2.26. The molecule has 0 radical (unpaired) electrons. The Morgan fingerprint density at radius 3 is 3.15 bits per heavy atom. The van der Waals surface area contributed by atoms with E-state index >= 15 is 0 Å². The third-order valence-corrected chi connectivity index (χ3v) is 2.01. The normalized spacial score (nSPS) is 25.5. The van der Waals surface area contributed by atoms with Crippen LogP contribution in [-0.4, -0.2) is 54.9 Å². The predicted molar refractivity (Wildman–Crippen MR) is 47.1 cm³/mol. The number of aliphatic hydroxyl groups is 1. The lowest BCUT2D eigenvalue weighted by Gasteiger charge is -2.19. The lowest BCUT2D eigenvalue weighted by atomic mass is 10.3. The molecule has 1 rings (SSSR count). The highest BCUT2D eigenvalue weighted by atomic mass is 16.5. The van der Waals surface area contributed by atoms with Crippen LogP contribution in [0.3, 0.4) is 0 Å². The molecule has 1 saturated heterocycles. The zero-order chi connectivity index (χ0) is 9.68. The van der Waals surface area contributed by atoms with Gasteiger partial charge in [-0.15, -0.1) is 0 Å². The second-order valence-electron chi connectivity index (χ2n) is 3.25. The van der Waals surface area contributed by atoms with Gasteiger partial charge in [0.05, 0.1) is 19.3 Å². The number of nitrogens with two attached hydrogens (primary N) is 1. The Kier molecular flexibility index (Phi) is 4.14. The number of carbonyl (C=O) groups is 1. The molecule has 1 aliphatic rings. The molecule has 5 nitrogen and oxygen atoms in total. The van der Waals surface area contributed by atoms with Gasteiger partial charge < -0.3 is 15.6 Å². The predicted octanol–water partition coefficient (Wildman–Crippen LogP) is -1.45. The Bertz CT molecular complexity index is 175. The van der Waals surface area contributed by atoms with Crippen LogP contribution in [0.5, 0.6) is 0 Å². The van der Waals surface area contributed by atoms with Crippen LogP contribution in [0.25, 0.3) is 0 Å². The summed E-state index contributed by atoms with van der Waals surface area (Å²) in [5.74, 6) is -0.306. The minimum absolute atomic E-state index is 0.306. The fraction of sp³-hybridized carbons (Fsp3) is 0.875. The first-order chi connectivity index (χ1) is 6.18. The highest BCUT2D eigenvalue weighted by molar-refractivity contribution is 5.73. The molecule has 1 atom stereocenters. The van der Waals surface area contributed by atoms with Crippen molar-refractivity contribution >= 4 is 5.91 Å². The molecule has 0 aromatic rings. The first-order valence-corrected chi connectivity index (χ1v) is 4.45. The van der Waals surface area contributed by atoms with E-state index in [1.54, 1.807) is 0 Å². The molecule has 5 heteroatoms. The van der Waals surface area contributed by atoms with Gasteiger partial charge in [0.15, 0.2) is 0 Å². The zero-order valence-corrected chi connectivity index (χ0v) is 7.61. The summed E-state index contributed by atoms with van der Waals surface area (Å²) in [6.07, 6.45) is -0.109. The highest BCUT2D eigenvalue weighted by Gasteiger charge is 2.16. The third-order valence-electron chi connectivity index (χ3n) is 2.01. The van der Waals surface area contributed by atoms with Crippen LogP contribution >= 0.6 is 0 Å². The van der Waals surface area contributed by atoms with E-state index in [9.17, 15) is 9.90 Å². The van der Waals surface area contributed by atoms with Crippen LogP contribution in [0.15, 0.2) is 0 Å². The van der Waals surface area contributed by atoms with Gasteiger partial charge in [-0.1, -0.05) is 0 Å². The number of primary amides is 1. The molecule has 1 fully saturated rings.